The number of anilines is 2. The van der Waals surface area contributed by atoms with Gasteiger partial charge in [-0.3, -0.25) is 0 Å². The maximum Gasteiger partial charge on any atom is 0.0426 e. The topological polar surface area (TPSA) is 52.0 Å². The Hall–Kier alpha value is -1.67. The summed E-state index contributed by atoms with van der Waals surface area (Å²) in [6, 6.07) is 11.8. The molecule has 0 saturated carbocycles. The molecule has 2 aromatic carbocycles. The molecule has 0 saturated heterocycles. The van der Waals surface area contributed by atoms with E-state index in [4.69, 9.17) is 23.1 Å². The number of hydrogen-bond donors (Lipinski definition) is 2. The van der Waals surface area contributed by atoms with Crippen LogP contribution in [0.3, 0.4) is 0 Å². The zero-order valence-electron chi connectivity index (χ0n) is 10.4. The van der Waals surface area contributed by atoms with Crippen molar-refractivity contribution < 1.29 is 0 Å². The van der Waals surface area contributed by atoms with E-state index < -0.39 is 0 Å². The lowest BCUT2D eigenvalue weighted by Gasteiger charge is -2.09. The molecule has 2 rings (SSSR count). The average Bonchev–Trinajstić information content (AvgIpc) is 2.30. The van der Waals surface area contributed by atoms with Crippen molar-refractivity contribution in [2.24, 2.45) is 0 Å². The smallest absolute Gasteiger partial charge is 0.0426 e. The second-order valence-corrected chi connectivity index (χ2v) is 4.98. The molecule has 3 heteroatoms. The average molecular weight is 261 g/mol. The Bertz CT molecular complexity index is 513. The van der Waals surface area contributed by atoms with E-state index in [2.05, 4.69) is 12.1 Å². The molecule has 0 bridgehead atoms. The van der Waals surface area contributed by atoms with Crippen molar-refractivity contribution in [1.29, 1.82) is 0 Å². The molecule has 0 aliphatic carbocycles. The minimum Gasteiger partial charge on any atom is -0.398 e. The minimum atomic E-state index is 0.672. The highest BCUT2D eigenvalue weighted by molar-refractivity contribution is 6.30. The van der Waals surface area contributed by atoms with Crippen LogP contribution in [0, 0.1) is 6.92 Å². The third-order valence-corrected chi connectivity index (χ3v) is 3.31. The number of nitrogens with two attached hydrogens (primary N) is 2. The normalized spacial score (nSPS) is 10.6. The van der Waals surface area contributed by atoms with Crippen molar-refractivity contribution >= 4 is 23.0 Å². The number of benzene rings is 2. The summed E-state index contributed by atoms with van der Waals surface area (Å²) in [6.07, 6.45) is 1.76. The van der Waals surface area contributed by atoms with Gasteiger partial charge in [-0.05, 0) is 54.7 Å². The second kappa shape index (κ2) is 5.32. The maximum atomic E-state index is 6.00. The van der Waals surface area contributed by atoms with Crippen LogP contribution in [0.5, 0.6) is 0 Å². The van der Waals surface area contributed by atoms with Crippen LogP contribution in [0.15, 0.2) is 36.4 Å². The van der Waals surface area contributed by atoms with E-state index >= 15 is 0 Å². The Labute approximate surface area is 113 Å². The molecule has 0 heterocycles. The Morgan fingerprint density at radius 1 is 0.889 bits per heavy atom. The predicted octanol–water partition coefficient (Wildman–Crippen LogP) is 3.60. The highest BCUT2D eigenvalue weighted by Crippen LogP contribution is 2.21. The van der Waals surface area contributed by atoms with Crippen LogP contribution in [0.4, 0.5) is 11.4 Å². The van der Waals surface area contributed by atoms with Crippen LogP contribution in [0.25, 0.3) is 0 Å². The maximum absolute atomic E-state index is 6.00. The molecule has 4 N–H and O–H groups in total. The Balaban J connectivity index is 2.11. The second-order valence-electron chi connectivity index (χ2n) is 4.55. The number of halogens is 1. The first-order valence-electron chi connectivity index (χ1n) is 5.95. The van der Waals surface area contributed by atoms with E-state index in [9.17, 15) is 0 Å². The molecule has 0 amide bonds. The van der Waals surface area contributed by atoms with Gasteiger partial charge in [-0.2, -0.15) is 0 Å². The number of aryl methyl sites for hydroxylation is 3. The SMILES string of the molecule is Cc1ccc(CCc2ccc(Cl)cc2N)c(N)c1. The fourth-order valence-corrected chi connectivity index (χ4v) is 2.19. The lowest BCUT2D eigenvalue weighted by molar-refractivity contribution is 0.965. The molecule has 0 atom stereocenters. The van der Waals surface area contributed by atoms with E-state index in [1.54, 1.807) is 6.07 Å². The molecular formula is C15H17ClN2. The first-order valence-corrected chi connectivity index (χ1v) is 6.33. The van der Waals surface area contributed by atoms with Crippen LogP contribution in [-0.2, 0) is 12.8 Å². The molecule has 0 fully saturated rings. The van der Waals surface area contributed by atoms with Crippen molar-refractivity contribution in [3.05, 3.63) is 58.1 Å². The molecule has 0 aliphatic rings. The summed E-state index contributed by atoms with van der Waals surface area (Å²) in [5.74, 6) is 0. The van der Waals surface area contributed by atoms with E-state index in [1.165, 1.54) is 5.56 Å². The number of rotatable bonds is 3. The molecule has 0 aromatic heterocycles. The van der Waals surface area contributed by atoms with Gasteiger partial charge < -0.3 is 11.5 Å². The van der Waals surface area contributed by atoms with E-state index in [-0.39, 0.29) is 0 Å². The molecule has 94 valence electrons. The van der Waals surface area contributed by atoms with Gasteiger partial charge in [0.1, 0.15) is 0 Å². The van der Waals surface area contributed by atoms with Crippen LogP contribution in [0.1, 0.15) is 16.7 Å². The predicted molar refractivity (Wildman–Crippen MR) is 78.9 cm³/mol. The van der Waals surface area contributed by atoms with Crippen LogP contribution in [0.2, 0.25) is 5.02 Å². The van der Waals surface area contributed by atoms with Gasteiger partial charge in [-0.15, -0.1) is 0 Å². The van der Waals surface area contributed by atoms with Gasteiger partial charge in [-0.25, -0.2) is 0 Å². The summed E-state index contributed by atoms with van der Waals surface area (Å²) in [4.78, 5) is 0. The molecule has 18 heavy (non-hydrogen) atoms. The van der Waals surface area contributed by atoms with Crippen LogP contribution in [-0.4, -0.2) is 0 Å². The molecule has 2 aromatic rings. The summed E-state index contributed by atoms with van der Waals surface area (Å²) in [7, 11) is 0. The molecule has 0 spiro atoms. The van der Waals surface area contributed by atoms with E-state index in [1.807, 2.05) is 25.1 Å². The van der Waals surface area contributed by atoms with Gasteiger partial charge in [0.25, 0.3) is 0 Å². The van der Waals surface area contributed by atoms with Crippen molar-refractivity contribution in [2.45, 2.75) is 19.8 Å². The zero-order chi connectivity index (χ0) is 13.1. The summed E-state index contributed by atoms with van der Waals surface area (Å²) in [6.45, 7) is 2.04. The lowest BCUT2D eigenvalue weighted by atomic mass is 10.0. The highest BCUT2D eigenvalue weighted by atomic mass is 35.5. The molecule has 0 aliphatic heterocycles. The highest BCUT2D eigenvalue weighted by Gasteiger charge is 2.03. The first kappa shape index (κ1) is 12.8. The van der Waals surface area contributed by atoms with E-state index in [0.29, 0.717) is 5.02 Å². The molecular weight excluding hydrogens is 244 g/mol. The summed E-state index contributed by atoms with van der Waals surface area (Å²) in [5, 5.41) is 0.672. The Morgan fingerprint density at radius 3 is 2.00 bits per heavy atom. The number of nitrogen functional groups attached to an aromatic ring is 2. The van der Waals surface area contributed by atoms with Gasteiger partial charge in [0.05, 0.1) is 0 Å². The molecule has 0 radical (unpaired) electrons. The van der Waals surface area contributed by atoms with Crippen LogP contribution < -0.4 is 11.5 Å². The van der Waals surface area contributed by atoms with Crippen molar-refractivity contribution in [1.82, 2.24) is 0 Å². The fraction of sp³-hybridized carbons (Fsp3) is 0.200. The third kappa shape index (κ3) is 2.96. The minimum absolute atomic E-state index is 0.672. The fourth-order valence-electron chi connectivity index (χ4n) is 2.00. The van der Waals surface area contributed by atoms with Crippen molar-refractivity contribution in [3.63, 3.8) is 0 Å². The summed E-state index contributed by atoms with van der Waals surface area (Å²) >= 11 is 5.88. The summed E-state index contributed by atoms with van der Waals surface area (Å²) in [5.41, 5.74) is 17.0. The first-order chi connectivity index (χ1) is 8.56. The van der Waals surface area contributed by atoms with Crippen LogP contribution >= 0.6 is 11.6 Å². The standard InChI is InChI=1S/C15H17ClN2/c1-10-2-3-11(14(17)8-10)4-5-12-6-7-13(16)9-15(12)18/h2-3,6-9H,4-5,17-18H2,1H3. The Kier molecular flexibility index (Phi) is 3.78. The van der Waals surface area contributed by atoms with Gasteiger partial charge in [0, 0.05) is 16.4 Å². The van der Waals surface area contributed by atoms with Gasteiger partial charge in [-0.1, -0.05) is 29.8 Å². The van der Waals surface area contributed by atoms with Gasteiger partial charge in [0.15, 0.2) is 0 Å². The lowest BCUT2D eigenvalue weighted by Crippen LogP contribution is -2.00. The monoisotopic (exact) mass is 260 g/mol. The van der Waals surface area contributed by atoms with Crippen molar-refractivity contribution in [2.75, 3.05) is 11.5 Å². The third-order valence-electron chi connectivity index (χ3n) is 3.07. The van der Waals surface area contributed by atoms with Gasteiger partial charge in [0.2, 0.25) is 0 Å². The van der Waals surface area contributed by atoms with Crippen molar-refractivity contribution in [3.8, 4) is 0 Å². The molecule has 0 unspecified atom stereocenters. The largest absolute Gasteiger partial charge is 0.398 e. The summed E-state index contributed by atoms with van der Waals surface area (Å²) < 4.78 is 0. The van der Waals surface area contributed by atoms with Gasteiger partial charge >= 0.3 is 0 Å². The quantitative estimate of drug-likeness (QED) is 0.829. The number of hydrogen-bond acceptors (Lipinski definition) is 2. The molecule has 2 nitrogen and oxygen atoms in total. The zero-order valence-corrected chi connectivity index (χ0v) is 11.2. The van der Waals surface area contributed by atoms with E-state index in [0.717, 1.165) is 35.3 Å². The Morgan fingerprint density at radius 2 is 1.44 bits per heavy atom.